The summed E-state index contributed by atoms with van der Waals surface area (Å²) in [6.07, 6.45) is 2.56. The van der Waals surface area contributed by atoms with Crippen LogP contribution in [0.25, 0.3) is 6.08 Å². The average molecular weight is 373 g/mol. The fourth-order valence-electron chi connectivity index (χ4n) is 3.66. The van der Waals surface area contributed by atoms with Crippen LogP contribution in [0.5, 0.6) is 5.75 Å². The van der Waals surface area contributed by atoms with Crippen molar-refractivity contribution >= 4 is 40.9 Å². The third-order valence-electron chi connectivity index (χ3n) is 5.23. The van der Waals surface area contributed by atoms with Crippen molar-refractivity contribution in [3.63, 3.8) is 0 Å². The highest BCUT2D eigenvalue weighted by molar-refractivity contribution is 7.80. The molecule has 1 fully saturated rings. The Labute approximate surface area is 158 Å². The zero-order valence-electron chi connectivity index (χ0n) is 15.6. The van der Waals surface area contributed by atoms with Gasteiger partial charge in [-0.25, -0.2) is 0 Å². The standard InChI is InChI=1S/C19H23N3O3S/c1-10-9-19(2,3)22(4)14-8-15(25-5)11(6-12(10)14)7-13-16(23)20-18(26)21-17(13)24/h6-8,10H,9H2,1-5H3,(H2,20,21,23,24,26). The van der Waals surface area contributed by atoms with E-state index in [0.29, 0.717) is 17.2 Å². The molecule has 0 aromatic heterocycles. The van der Waals surface area contributed by atoms with Crippen molar-refractivity contribution < 1.29 is 14.3 Å². The van der Waals surface area contributed by atoms with Gasteiger partial charge in [0.25, 0.3) is 11.8 Å². The van der Waals surface area contributed by atoms with Gasteiger partial charge in [0, 0.05) is 29.9 Å². The second kappa shape index (κ2) is 6.39. The fraction of sp³-hybridized carbons (Fsp3) is 0.421. The van der Waals surface area contributed by atoms with E-state index < -0.39 is 11.8 Å². The summed E-state index contributed by atoms with van der Waals surface area (Å²) in [5.41, 5.74) is 3.02. The van der Waals surface area contributed by atoms with E-state index >= 15 is 0 Å². The van der Waals surface area contributed by atoms with Crippen LogP contribution in [0.15, 0.2) is 17.7 Å². The molecule has 26 heavy (non-hydrogen) atoms. The first kappa shape index (κ1) is 18.4. The molecule has 2 aliphatic heterocycles. The smallest absolute Gasteiger partial charge is 0.263 e. The molecular formula is C19H23N3O3S. The molecule has 1 saturated heterocycles. The van der Waals surface area contributed by atoms with E-state index in [1.54, 1.807) is 13.2 Å². The van der Waals surface area contributed by atoms with Crippen molar-refractivity contribution in [3.8, 4) is 5.75 Å². The van der Waals surface area contributed by atoms with E-state index in [0.717, 1.165) is 12.1 Å². The molecule has 0 spiro atoms. The highest BCUT2D eigenvalue weighted by Gasteiger charge is 2.35. The lowest BCUT2D eigenvalue weighted by molar-refractivity contribution is -0.123. The van der Waals surface area contributed by atoms with Crippen molar-refractivity contribution in [3.05, 3.63) is 28.8 Å². The van der Waals surface area contributed by atoms with E-state index in [1.165, 1.54) is 5.56 Å². The summed E-state index contributed by atoms with van der Waals surface area (Å²) in [5.74, 6) is -0.0581. The average Bonchev–Trinajstić information content (AvgIpc) is 2.55. The molecule has 6 nitrogen and oxygen atoms in total. The van der Waals surface area contributed by atoms with Crippen LogP contribution < -0.4 is 20.3 Å². The SMILES string of the molecule is COc1cc2c(cc1C=C1C(=O)NC(=S)NC1=O)C(C)CC(C)(C)N2C. The van der Waals surface area contributed by atoms with Gasteiger partial charge in [0.2, 0.25) is 0 Å². The number of methoxy groups -OCH3 is 1. The largest absolute Gasteiger partial charge is 0.496 e. The second-order valence-corrected chi connectivity index (χ2v) is 7.83. The molecule has 0 saturated carbocycles. The highest BCUT2D eigenvalue weighted by Crippen LogP contribution is 2.45. The lowest BCUT2D eigenvalue weighted by atomic mass is 9.79. The number of hydrogen-bond acceptors (Lipinski definition) is 5. The van der Waals surface area contributed by atoms with Gasteiger partial charge < -0.3 is 9.64 Å². The molecule has 2 N–H and O–H groups in total. The minimum Gasteiger partial charge on any atom is -0.496 e. The van der Waals surface area contributed by atoms with E-state index in [2.05, 4.69) is 43.4 Å². The lowest BCUT2D eigenvalue weighted by Gasteiger charge is -2.45. The van der Waals surface area contributed by atoms with Gasteiger partial charge in [-0.15, -0.1) is 0 Å². The van der Waals surface area contributed by atoms with Gasteiger partial charge in [-0.3, -0.25) is 20.2 Å². The van der Waals surface area contributed by atoms with Crippen LogP contribution in [0.2, 0.25) is 0 Å². The predicted octanol–water partition coefficient (Wildman–Crippen LogP) is 2.33. The number of thiocarbonyl (C=S) groups is 1. The van der Waals surface area contributed by atoms with E-state index in [-0.39, 0.29) is 16.2 Å². The topological polar surface area (TPSA) is 70.7 Å². The van der Waals surface area contributed by atoms with Crippen molar-refractivity contribution in [1.29, 1.82) is 0 Å². The fourth-order valence-corrected chi connectivity index (χ4v) is 3.85. The number of carbonyl (C=O) groups is 2. The van der Waals surface area contributed by atoms with Gasteiger partial charge in [-0.1, -0.05) is 6.92 Å². The number of nitrogens with one attached hydrogen (secondary N) is 2. The first-order valence-corrected chi connectivity index (χ1v) is 8.89. The molecule has 1 unspecified atom stereocenters. The Morgan fingerprint density at radius 2 is 1.88 bits per heavy atom. The minimum atomic E-state index is -0.509. The van der Waals surface area contributed by atoms with Crippen LogP contribution in [0.4, 0.5) is 5.69 Å². The summed E-state index contributed by atoms with van der Waals surface area (Å²) in [6, 6.07) is 3.98. The molecule has 1 aromatic rings. The van der Waals surface area contributed by atoms with Crippen LogP contribution in [0.1, 0.15) is 44.2 Å². The maximum absolute atomic E-state index is 12.1. The summed E-state index contributed by atoms with van der Waals surface area (Å²) >= 11 is 4.83. The summed E-state index contributed by atoms with van der Waals surface area (Å²) < 4.78 is 5.54. The molecule has 1 aromatic carbocycles. The molecule has 2 amide bonds. The molecule has 2 heterocycles. The second-order valence-electron chi connectivity index (χ2n) is 7.42. The zero-order chi connectivity index (χ0) is 19.2. The molecule has 0 radical (unpaired) electrons. The van der Waals surface area contributed by atoms with Crippen molar-refractivity contribution in [1.82, 2.24) is 10.6 Å². The van der Waals surface area contributed by atoms with Crippen LogP contribution in [0.3, 0.4) is 0 Å². The molecule has 0 aliphatic carbocycles. The van der Waals surface area contributed by atoms with Crippen LogP contribution in [-0.2, 0) is 9.59 Å². The Hall–Kier alpha value is -2.41. The molecule has 1 atom stereocenters. The van der Waals surface area contributed by atoms with E-state index in [9.17, 15) is 9.59 Å². The van der Waals surface area contributed by atoms with Crippen LogP contribution in [-0.4, -0.2) is 36.6 Å². The molecule has 2 aliphatic rings. The highest BCUT2D eigenvalue weighted by atomic mass is 32.1. The van der Waals surface area contributed by atoms with Gasteiger partial charge >= 0.3 is 0 Å². The number of benzene rings is 1. The quantitative estimate of drug-likeness (QED) is 0.473. The normalized spacial score (nSPS) is 21.7. The molecule has 138 valence electrons. The number of hydrogen-bond donors (Lipinski definition) is 2. The van der Waals surface area contributed by atoms with Gasteiger partial charge in [-0.2, -0.15) is 0 Å². The summed E-state index contributed by atoms with van der Waals surface area (Å²) in [7, 11) is 3.66. The zero-order valence-corrected chi connectivity index (χ0v) is 16.4. The number of fused-ring (bicyclic) bond motifs is 1. The first-order chi connectivity index (χ1) is 12.1. The molecular weight excluding hydrogens is 350 g/mol. The summed E-state index contributed by atoms with van der Waals surface area (Å²) in [4.78, 5) is 26.5. The Morgan fingerprint density at radius 3 is 2.46 bits per heavy atom. The molecule has 3 rings (SSSR count). The number of amides is 2. The first-order valence-electron chi connectivity index (χ1n) is 8.48. The van der Waals surface area contributed by atoms with Crippen molar-refractivity contribution in [2.24, 2.45) is 0 Å². The van der Waals surface area contributed by atoms with Gasteiger partial charge in [0.1, 0.15) is 11.3 Å². The minimum absolute atomic E-state index is 0.00833. The Morgan fingerprint density at radius 1 is 1.27 bits per heavy atom. The number of rotatable bonds is 2. The number of nitrogens with zero attached hydrogens (tertiary/aromatic N) is 1. The van der Waals surface area contributed by atoms with E-state index in [4.69, 9.17) is 17.0 Å². The Kier molecular flexibility index (Phi) is 4.52. The summed E-state index contributed by atoms with van der Waals surface area (Å²) in [6.45, 7) is 6.62. The maximum Gasteiger partial charge on any atom is 0.263 e. The molecule has 0 bridgehead atoms. The van der Waals surface area contributed by atoms with Crippen LogP contribution >= 0.6 is 12.2 Å². The third kappa shape index (κ3) is 3.07. The Bertz CT molecular complexity index is 823. The van der Waals surface area contributed by atoms with Gasteiger partial charge in [0.05, 0.1) is 7.11 Å². The Balaban J connectivity index is 2.11. The number of ether oxygens (including phenoxy) is 1. The van der Waals surface area contributed by atoms with Gasteiger partial charge in [0.15, 0.2) is 5.11 Å². The van der Waals surface area contributed by atoms with Crippen molar-refractivity contribution in [2.75, 3.05) is 19.1 Å². The third-order valence-corrected chi connectivity index (χ3v) is 5.43. The molecule has 7 heteroatoms. The van der Waals surface area contributed by atoms with Crippen LogP contribution in [0, 0.1) is 0 Å². The number of anilines is 1. The summed E-state index contributed by atoms with van der Waals surface area (Å²) in [5, 5.41) is 4.92. The number of carbonyl (C=O) groups excluding carboxylic acids is 2. The van der Waals surface area contributed by atoms with Gasteiger partial charge in [-0.05, 0) is 56.1 Å². The predicted molar refractivity (Wildman–Crippen MR) is 105 cm³/mol. The maximum atomic E-state index is 12.1. The lowest BCUT2D eigenvalue weighted by Crippen LogP contribution is -2.51. The van der Waals surface area contributed by atoms with E-state index in [1.807, 2.05) is 12.1 Å². The monoisotopic (exact) mass is 373 g/mol. The van der Waals surface area contributed by atoms with Crippen molar-refractivity contribution in [2.45, 2.75) is 38.6 Å².